The minimum atomic E-state index is -0.296. The number of nitrogens with zero attached hydrogens (tertiary/aromatic N) is 4. The van der Waals surface area contributed by atoms with Crippen molar-refractivity contribution in [3.05, 3.63) is 71.7 Å². The first-order valence-electron chi connectivity index (χ1n) is 11.2. The zero-order valence-electron chi connectivity index (χ0n) is 18.7. The molecule has 0 aliphatic carbocycles. The number of aromatic nitrogens is 2. The number of phenols is 1. The van der Waals surface area contributed by atoms with Crippen LogP contribution in [0.4, 0.5) is 10.2 Å². The fourth-order valence-corrected chi connectivity index (χ4v) is 3.90. The number of carbonyl (C=O) groups is 1. The summed E-state index contributed by atoms with van der Waals surface area (Å²) in [4.78, 5) is 16.4. The molecule has 1 aromatic heterocycles. The number of carbonyl (C=O) groups excluding carboxylic acids is 1. The summed E-state index contributed by atoms with van der Waals surface area (Å²) in [5, 5.41) is 20.7. The first-order valence-corrected chi connectivity index (χ1v) is 11.2. The lowest BCUT2D eigenvalue weighted by molar-refractivity contribution is 0.0947. The number of hydrogen-bond acceptors (Lipinski definition) is 6. The van der Waals surface area contributed by atoms with Gasteiger partial charge in [-0.2, -0.15) is 0 Å². The van der Waals surface area contributed by atoms with Crippen molar-refractivity contribution in [2.75, 3.05) is 37.6 Å². The van der Waals surface area contributed by atoms with E-state index in [-0.39, 0.29) is 17.5 Å². The second-order valence-corrected chi connectivity index (χ2v) is 8.16. The molecule has 7 nitrogen and oxygen atoms in total. The molecule has 2 aromatic carbocycles. The average molecular weight is 450 g/mol. The molecule has 0 radical (unpaired) electrons. The highest BCUT2D eigenvalue weighted by atomic mass is 19.1. The lowest BCUT2D eigenvalue weighted by Gasteiger charge is -2.35. The SMILES string of the molecule is CCCNC(=O)c1ccc(N2CCN(Cc3ccc(-c4cccc(O)c4)c(F)c3)CC2)nn1. The average Bonchev–Trinajstić information content (AvgIpc) is 2.83. The number of anilines is 1. The summed E-state index contributed by atoms with van der Waals surface area (Å²) >= 11 is 0. The largest absolute Gasteiger partial charge is 0.508 e. The maximum atomic E-state index is 14.7. The van der Waals surface area contributed by atoms with Crippen molar-refractivity contribution < 1.29 is 14.3 Å². The van der Waals surface area contributed by atoms with Gasteiger partial charge in [0.2, 0.25) is 0 Å². The summed E-state index contributed by atoms with van der Waals surface area (Å²) in [5.41, 5.74) is 2.36. The Kier molecular flexibility index (Phi) is 7.14. The van der Waals surface area contributed by atoms with E-state index in [4.69, 9.17) is 0 Å². The number of piperazine rings is 1. The molecular weight excluding hydrogens is 421 g/mol. The Morgan fingerprint density at radius 3 is 2.55 bits per heavy atom. The minimum absolute atomic E-state index is 0.118. The summed E-state index contributed by atoms with van der Waals surface area (Å²) in [6.07, 6.45) is 0.871. The van der Waals surface area contributed by atoms with E-state index in [2.05, 4.69) is 25.3 Å². The Labute approximate surface area is 192 Å². The van der Waals surface area contributed by atoms with Gasteiger partial charge in [0.1, 0.15) is 11.6 Å². The second kappa shape index (κ2) is 10.4. The third-order valence-electron chi connectivity index (χ3n) is 5.71. The first kappa shape index (κ1) is 22.7. The van der Waals surface area contributed by atoms with Crippen LogP contribution in [0.2, 0.25) is 0 Å². The van der Waals surface area contributed by atoms with Gasteiger partial charge in [-0.05, 0) is 47.9 Å². The van der Waals surface area contributed by atoms with E-state index in [0.717, 1.165) is 44.0 Å². The molecular formula is C25H28FN5O2. The normalized spacial score (nSPS) is 14.3. The third kappa shape index (κ3) is 5.64. The molecule has 8 heteroatoms. The molecule has 1 amide bonds. The summed E-state index contributed by atoms with van der Waals surface area (Å²) in [6, 6.07) is 15.4. The van der Waals surface area contributed by atoms with Crippen molar-refractivity contribution in [1.29, 1.82) is 0 Å². The quantitative estimate of drug-likeness (QED) is 0.575. The van der Waals surface area contributed by atoms with Gasteiger partial charge in [0.15, 0.2) is 11.5 Å². The smallest absolute Gasteiger partial charge is 0.271 e. The lowest BCUT2D eigenvalue weighted by atomic mass is 10.0. The zero-order valence-corrected chi connectivity index (χ0v) is 18.7. The molecule has 2 N–H and O–H groups in total. The van der Waals surface area contributed by atoms with E-state index in [1.54, 1.807) is 42.5 Å². The highest BCUT2D eigenvalue weighted by Crippen LogP contribution is 2.27. The molecule has 1 fully saturated rings. The van der Waals surface area contributed by atoms with Gasteiger partial charge in [-0.3, -0.25) is 9.69 Å². The van der Waals surface area contributed by atoms with Gasteiger partial charge in [-0.15, -0.1) is 10.2 Å². The van der Waals surface area contributed by atoms with Gasteiger partial charge < -0.3 is 15.3 Å². The summed E-state index contributed by atoms with van der Waals surface area (Å²) in [5.74, 6) is 0.370. The van der Waals surface area contributed by atoms with Crippen LogP contribution >= 0.6 is 0 Å². The molecule has 1 aliphatic rings. The molecule has 172 valence electrons. The van der Waals surface area contributed by atoms with E-state index in [1.807, 2.05) is 19.1 Å². The number of halogens is 1. The molecule has 1 aliphatic heterocycles. The predicted octanol–water partition coefficient (Wildman–Crippen LogP) is 3.45. The topological polar surface area (TPSA) is 81.6 Å². The van der Waals surface area contributed by atoms with Gasteiger partial charge in [0.05, 0.1) is 0 Å². The predicted molar refractivity (Wildman–Crippen MR) is 126 cm³/mol. The fourth-order valence-electron chi connectivity index (χ4n) is 3.90. The fraction of sp³-hybridized carbons (Fsp3) is 0.320. The standard InChI is InChI=1S/C25H28FN5O2/c1-2-10-27-25(33)23-8-9-24(29-28-23)31-13-11-30(12-14-31)17-18-6-7-21(22(26)15-18)19-4-3-5-20(32)16-19/h3-9,15-16,32H,2,10-14,17H2,1H3,(H,27,33). The molecule has 2 heterocycles. The summed E-state index contributed by atoms with van der Waals surface area (Å²) in [6.45, 7) is 6.46. The first-order chi connectivity index (χ1) is 16.0. The molecule has 0 unspecified atom stereocenters. The van der Waals surface area contributed by atoms with Gasteiger partial charge in [-0.1, -0.05) is 31.2 Å². The van der Waals surface area contributed by atoms with Crippen LogP contribution in [0.1, 0.15) is 29.4 Å². The molecule has 33 heavy (non-hydrogen) atoms. The molecule has 0 atom stereocenters. The molecule has 0 bridgehead atoms. The van der Waals surface area contributed by atoms with E-state index >= 15 is 0 Å². The van der Waals surface area contributed by atoms with Gasteiger partial charge >= 0.3 is 0 Å². The Morgan fingerprint density at radius 2 is 1.88 bits per heavy atom. The van der Waals surface area contributed by atoms with Crippen LogP contribution < -0.4 is 10.2 Å². The summed E-state index contributed by atoms with van der Waals surface area (Å²) in [7, 11) is 0. The van der Waals surface area contributed by atoms with Crippen molar-refractivity contribution in [1.82, 2.24) is 20.4 Å². The van der Waals surface area contributed by atoms with E-state index in [9.17, 15) is 14.3 Å². The van der Waals surface area contributed by atoms with E-state index in [1.165, 1.54) is 0 Å². The van der Waals surface area contributed by atoms with Gasteiger partial charge in [0.25, 0.3) is 5.91 Å². The van der Waals surface area contributed by atoms with E-state index in [0.29, 0.717) is 29.9 Å². The number of nitrogens with one attached hydrogen (secondary N) is 1. The van der Waals surface area contributed by atoms with Crippen molar-refractivity contribution in [3.63, 3.8) is 0 Å². The second-order valence-electron chi connectivity index (χ2n) is 8.16. The number of benzene rings is 2. The van der Waals surface area contributed by atoms with Gasteiger partial charge in [-0.25, -0.2) is 4.39 Å². The number of amides is 1. The lowest BCUT2D eigenvalue weighted by Crippen LogP contribution is -2.46. The molecule has 3 aromatic rings. The highest BCUT2D eigenvalue weighted by Gasteiger charge is 2.19. The van der Waals surface area contributed by atoms with Crippen LogP contribution in [0.5, 0.6) is 5.75 Å². The molecule has 0 spiro atoms. The van der Waals surface area contributed by atoms with Crippen LogP contribution in [-0.2, 0) is 6.54 Å². The Balaban J connectivity index is 1.32. The van der Waals surface area contributed by atoms with Crippen molar-refractivity contribution in [2.24, 2.45) is 0 Å². The maximum absolute atomic E-state index is 14.7. The Bertz CT molecular complexity index is 1100. The summed E-state index contributed by atoms with van der Waals surface area (Å²) < 4.78 is 14.7. The van der Waals surface area contributed by atoms with E-state index < -0.39 is 0 Å². The van der Waals surface area contributed by atoms with Gasteiger partial charge in [0, 0.05) is 44.8 Å². The monoisotopic (exact) mass is 449 g/mol. The molecule has 0 saturated carbocycles. The Hall–Kier alpha value is -3.52. The number of rotatable bonds is 7. The minimum Gasteiger partial charge on any atom is -0.508 e. The molecule has 1 saturated heterocycles. The van der Waals surface area contributed by atoms with Crippen LogP contribution in [0.3, 0.4) is 0 Å². The highest BCUT2D eigenvalue weighted by molar-refractivity contribution is 5.92. The third-order valence-corrected chi connectivity index (χ3v) is 5.71. The number of aromatic hydroxyl groups is 1. The van der Waals surface area contributed by atoms with Crippen molar-refractivity contribution in [3.8, 4) is 16.9 Å². The van der Waals surface area contributed by atoms with Crippen LogP contribution in [0, 0.1) is 5.82 Å². The van der Waals surface area contributed by atoms with Crippen LogP contribution in [-0.4, -0.2) is 58.8 Å². The van der Waals surface area contributed by atoms with Crippen molar-refractivity contribution in [2.45, 2.75) is 19.9 Å². The van der Waals surface area contributed by atoms with Crippen LogP contribution in [0.25, 0.3) is 11.1 Å². The zero-order chi connectivity index (χ0) is 23.2. The Morgan fingerprint density at radius 1 is 1.06 bits per heavy atom. The maximum Gasteiger partial charge on any atom is 0.271 e. The van der Waals surface area contributed by atoms with Crippen LogP contribution in [0.15, 0.2) is 54.6 Å². The number of phenolic OH excluding ortho intramolecular Hbond substituents is 1. The molecule has 4 rings (SSSR count). The van der Waals surface area contributed by atoms with Crippen molar-refractivity contribution >= 4 is 11.7 Å². The number of hydrogen-bond donors (Lipinski definition) is 2.